The van der Waals surface area contributed by atoms with Gasteiger partial charge in [0.1, 0.15) is 0 Å². The molecule has 6 heteroatoms. The zero-order valence-corrected chi connectivity index (χ0v) is 20.1. The third kappa shape index (κ3) is 4.59. The van der Waals surface area contributed by atoms with E-state index < -0.39 is 0 Å². The SMILES string of the molecule is COC(=O)c1cccc2c1c(-c1cncc(-c3cccc(Cl)c3)c1)cn2CCN1CCCCC1. The topological polar surface area (TPSA) is 47.4 Å². The van der Waals surface area contributed by atoms with Crippen LogP contribution in [0.5, 0.6) is 0 Å². The van der Waals surface area contributed by atoms with Crippen molar-refractivity contribution in [3.63, 3.8) is 0 Å². The molecule has 2 aromatic heterocycles. The summed E-state index contributed by atoms with van der Waals surface area (Å²) in [4.78, 5) is 19.7. The lowest BCUT2D eigenvalue weighted by molar-refractivity contribution is 0.0603. The minimum Gasteiger partial charge on any atom is -0.465 e. The highest BCUT2D eigenvalue weighted by molar-refractivity contribution is 6.30. The number of ether oxygens (including phenoxy) is 1. The van der Waals surface area contributed by atoms with E-state index in [-0.39, 0.29) is 5.97 Å². The number of benzene rings is 2. The minimum absolute atomic E-state index is 0.334. The van der Waals surface area contributed by atoms with Crippen molar-refractivity contribution >= 4 is 28.5 Å². The van der Waals surface area contributed by atoms with Crippen LogP contribution in [-0.2, 0) is 11.3 Å². The van der Waals surface area contributed by atoms with E-state index in [2.05, 4.69) is 32.8 Å². The number of esters is 1. The first kappa shape index (κ1) is 22.6. The van der Waals surface area contributed by atoms with Gasteiger partial charge in [-0.2, -0.15) is 0 Å². The van der Waals surface area contributed by atoms with Crippen LogP contribution in [0.15, 0.2) is 67.1 Å². The lowest BCUT2D eigenvalue weighted by Crippen LogP contribution is -2.32. The molecule has 1 aliphatic rings. The molecule has 0 aliphatic carbocycles. The predicted octanol–water partition coefficient (Wildman–Crippen LogP) is 6.30. The molecule has 0 bridgehead atoms. The van der Waals surface area contributed by atoms with Crippen LogP contribution in [0.3, 0.4) is 0 Å². The molecule has 1 fully saturated rings. The lowest BCUT2D eigenvalue weighted by Gasteiger charge is -2.26. The van der Waals surface area contributed by atoms with Crippen molar-refractivity contribution in [1.82, 2.24) is 14.5 Å². The zero-order valence-electron chi connectivity index (χ0n) is 19.3. The van der Waals surface area contributed by atoms with Crippen molar-refractivity contribution in [2.45, 2.75) is 25.8 Å². The molecule has 1 aliphatic heterocycles. The third-order valence-electron chi connectivity index (χ3n) is 6.62. The first-order chi connectivity index (χ1) is 16.6. The summed E-state index contributed by atoms with van der Waals surface area (Å²) in [6, 6.07) is 15.7. The van der Waals surface area contributed by atoms with Crippen molar-refractivity contribution in [2.24, 2.45) is 0 Å². The summed E-state index contributed by atoms with van der Waals surface area (Å²) in [5.41, 5.74) is 5.51. The maximum Gasteiger partial charge on any atom is 0.338 e. The quantitative estimate of drug-likeness (QED) is 0.308. The van der Waals surface area contributed by atoms with Crippen LogP contribution < -0.4 is 0 Å². The Bertz CT molecular complexity index is 1320. The average molecular weight is 474 g/mol. The van der Waals surface area contributed by atoms with E-state index in [9.17, 15) is 4.79 Å². The molecular weight excluding hydrogens is 446 g/mol. The second kappa shape index (κ2) is 10.00. The van der Waals surface area contributed by atoms with Gasteiger partial charge in [0.25, 0.3) is 0 Å². The van der Waals surface area contributed by atoms with Gasteiger partial charge in [0.2, 0.25) is 0 Å². The van der Waals surface area contributed by atoms with Gasteiger partial charge in [0.05, 0.1) is 12.7 Å². The Hall–Kier alpha value is -3.15. The van der Waals surface area contributed by atoms with Crippen LogP contribution in [0.4, 0.5) is 0 Å². The zero-order chi connectivity index (χ0) is 23.5. The average Bonchev–Trinajstić information content (AvgIpc) is 3.26. The van der Waals surface area contributed by atoms with Crippen molar-refractivity contribution < 1.29 is 9.53 Å². The van der Waals surface area contributed by atoms with Crippen LogP contribution in [0.2, 0.25) is 5.02 Å². The van der Waals surface area contributed by atoms with Crippen LogP contribution >= 0.6 is 11.6 Å². The molecule has 0 unspecified atom stereocenters. The fourth-order valence-corrected chi connectivity index (χ4v) is 5.07. The van der Waals surface area contributed by atoms with Gasteiger partial charge in [-0.1, -0.05) is 36.2 Å². The number of rotatable bonds is 6. The summed E-state index contributed by atoms with van der Waals surface area (Å²) < 4.78 is 7.38. The molecule has 0 radical (unpaired) electrons. The maximum absolute atomic E-state index is 12.7. The van der Waals surface area contributed by atoms with Crippen molar-refractivity contribution in [3.8, 4) is 22.3 Å². The number of piperidine rings is 1. The number of hydrogen-bond acceptors (Lipinski definition) is 4. The van der Waals surface area contributed by atoms with E-state index >= 15 is 0 Å². The molecule has 0 amide bonds. The number of fused-ring (bicyclic) bond motifs is 1. The van der Waals surface area contributed by atoms with Gasteiger partial charge in [-0.15, -0.1) is 0 Å². The summed E-state index contributed by atoms with van der Waals surface area (Å²) in [5, 5.41) is 1.59. The van der Waals surface area contributed by atoms with E-state index in [1.165, 1.54) is 26.4 Å². The predicted molar refractivity (Wildman–Crippen MR) is 137 cm³/mol. The van der Waals surface area contributed by atoms with Gasteiger partial charge in [-0.3, -0.25) is 4.98 Å². The summed E-state index contributed by atoms with van der Waals surface area (Å²) in [6.45, 7) is 4.17. The number of pyridine rings is 1. The summed E-state index contributed by atoms with van der Waals surface area (Å²) in [7, 11) is 1.43. The van der Waals surface area contributed by atoms with E-state index in [1.54, 1.807) is 0 Å². The summed E-state index contributed by atoms with van der Waals surface area (Å²) in [6.07, 6.45) is 9.71. The molecule has 0 atom stereocenters. The molecule has 174 valence electrons. The Morgan fingerprint density at radius 3 is 2.56 bits per heavy atom. The molecule has 0 N–H and O–H groups in total. The van der Waals surface area contributed by atoms with Gasteiger partial charge < -0.3 is 14.2 Å². The van der Waals surface area contributed by atoms with Crippen molar-refractivity contribution in [2.75, 3.05) is 26.7 Å². The first-order valence-corrected chi connectivity index (χ1v) is 12.2. The van der Waals surface area contributed by atoms with E-state index in [4.69, 9.17) is 16.3 Å². The Balaban J connectivity index is 1.60. The molecule has 34 heavy (non-hydrogen) atoms. The number of carbonyl (C=O) groups is 1. The van der Waals surface area contributed by atoms with E-state index in [0.29, 0.717) is 10.6 Å². The molecule has 2 aromatic carbocycles. The van der Waals surface area contributed by atoms with Gasteiger partial charge in [0, 0.05) is 64.3 Å². The molecule has 3 heterocycles. The minimum atomic E-state index is -0.334. The second-order valence-electron chi connectivity index (χ2n) is 8.80. The van der Waals surface area contributed by atoms with Gasteiger partial charge in [-0.25, -0.2) is 4.79 Å². The van der Waals surface area contributed by atoms with Crippen LogP contribution in [0, 0.1) is 0 Å². The van der Waals surface area contributed by atoms with Gasteiger partial charge in [0.15, 0.2) is 0 Å². The molecule has 1 saturated heterocycles. The monoisotopic (exact) mass is 473 g/mol. The Morgan fingerprint density at radius 1 is 0.971 bits per heavy atom. The number of carbonyl (C=O) groups excluding carboxylic acids is 1. The van der Waals surface area contributed by atoms with Crippen molar-refractivity contribution in [1.29, 1.82) is 0 Å². The fourth-order valence-electron chi connectivity index (χ4n) is 4.88. The highest BCUT2D eigenvalue weighted by Gasteiger charge is 2.20. The third-order valence-corrected chi connectivity index (χ3v) is 6.86. The Labute approximate surface area is 204 Å². The van der Waals surface area contributed by atoms with E-state index in [1.807, 2.05) is 48.8 Å². The Kier molecular flexibility index (Phi) is 6.66. The molecular formula is C28H28ClN3O2. The van der Waals surface area contributed by atoms with Crippen LogP contribution in [0.25, 0.3) is 33.2 Å². The van der Waals surface area contributed by atoms with Gasteiger partial charge >= 0.3 is 5.97 Å². The van der Waals surface area contributed by atoms with E-state index in [0.717, 1.165) is 59.3 Å². The molecule has 5 nitrogen and oxygen atoms in total. The number of hydrogen-bond donors (Lipinski definition) is 0. The normalized spacial score (nSPS) is 14.4. The summed E-state index contributed by atoms with van der Waals surface area (Å²) >= 11 is 6.22. The molecule has 0 saturated carbocycles. The fraction of sp³-hybridized carbons (Fsp3) is 0.286. The number of halogens is 1. The Morgan fingerprint density at radius 2 is 1.76 bits per heavy atom. The van der Waals surface area contributed by atoms with Crippen LogP contribution in [0.1, 0.15) is 29.6 Å². The smallest absolute Gasteiger partial charge is 0.338 e. The van der Waals surface area contributed by atoms with Crippen molar-refractivity contribution in [3.05, 3.63) is 77.7 Å². The number of nitrogens with zero attached hydrogens (tertiary/aromatic N) is 3. The first-order valence-electron chi connectivity index (χ1n) is 11.8. The molecule has 4 aromatic rings. The summed E-state index contributed by atoms with van der Waals surface area (Å²) in [5.74, 6) is -0.334. The lowest BCUT2D eigenvalue weighted by atomic mass is 9.99. The highest BCUT2D eigenvalue weighted by Crippen LogP contribution is 2.35. The number of aromatic nitrogens is 2. The largest absolute Gasteiger partial charge is 0.465 e. The molecule has 5 rings (SSSR count). The van der Waals surface area contributed by atoms with Crippen LogP contribution in [-0.4, -0.2) is 47.2 Å². The maximum atomic E-state index is 12.7. The molecule has 0 spiro atoms. The highest BCUT2D eigenvalue weighted by atomic mass is 35.5. The number of likely N-dealkylation sites (tertiary alicyclic amines) is 1. The standard InChI is InChI=1S/C28H28ClN3O2/c1-34-28(33)24-9-6-10-26-27(24)25(19-32(26)14-13-31-11-3-2-4-12-31)22-15-21(17-30-18-22)20-7-5-8-23(29)16-20/h5-10,15-19H,2-4,11-14H2,1H3. The second-order valence-corrected chi connectivity index (χ2v) is 9.24. The number of methoxy groups -OCH3 is 1. The van der Waals surface area contributed by atoms with Gasteiger partial charge in [-0.05, 0) is 61.8 Å².